The minimum atomic E-state index is -0.0984. The molecule has 3 aliphatic rings. The van der Waals surface area contributed by atoms with E-state index >= 15 is 0 Å². The molecule has 220 valence electrons. The first-order valence-corrected chi connectivity index (χ1v) is 15.0. The zero-order valence-corrected chi connectivity index (χ0v) is 25.0. The molecular weight excluding hydrogens is 542 g/mol. The van der Waals surface area contributed by atoms with Crippen molar-refractivity contribution in [2.24, 2.45) is 17.8 Å². The molecule has 2 aromatic rings. The predicted molar refractivity (Wildman–Crippen MR) is 158 cm³/mol. The van der Waals surface area contributed by atoms with E-state index in [1.165, 1.54) is 7.11 Å². The molecule has 41 heavy (non-hydrogen) atoms. The molecule has 3 amide bonds. The molecule has 0 bridgehead atoms. The fourth-order valence-electron chi connectivity index (χ4n) is 6.56. The highest BCUT2D eigenvalue weighted by molar-refractivity contribution is 6.31. The summed E-state index contributed by atoms with van der Waals surface area (Å²) in [4.78, 5) is 50.9. The van der Waals surface area contributed by atoms with Crippen LogP contribution >= 0.6 is 11.6 Å². The molecule has 1 aromatic heterocycles. The molecular formula is C31H40ClN5O4. The summed E-state index contributed by atoms with van der Waals surface area (Å²) in [5, 5.41) is 0.655. The number of benzene rings is 1. The van der Waals surface area contributed by atoms with E-state index in [9.17, 15) is 14.4 Å². The fraction of sp³-hybridized carbons (Fsp3) is 0.548. The van der Waals surface area contributed by atoms with E-state index in [4.69, 9.17) is 16.3 Å². The molecule has 9 nitrogen and oxygen atoms in total. The number of carbonyl (C=O) groups is 3. The topological polar surface area (TPSA) is 86.3 Å². The molecule has 2 atom stereocenters. The second kappa shape index (κ2) is 12.8. The molecule has 10 heteroatoms. The number of aromatic nitrogens is 1. The third kappa shape index (κ3) is 6.51. The zero-order chi connectivity index (χ0) is 29.1. The van der Waals surface area contributed by atoms with Crippen molar-refractivity contribution in [2.45, 2.75) is 33.1 Å². The van der Waals surface area contributed by atoms with Gasteiger partial charge in [-0.15, -0.1) is 0 Å². The van der Waals surface area contributed by atoms with E-state index < -0.39 is 0 Å². The van der Waals surface area contributed by atoms with Crippen LogP contribution in [0.4, 0.5) is 5.69 Å². The molecule has 4 heterocycles. The number of piperidine rings is 1. The van der Waals surface area contributed by atoms with Gasteiger partial charge in [0.2, 0.25) is 17.7 Å². The number of hydrogen-bond donors (Lipinski definition) is 0. The van der Waals surface area contributed by atoms with Crippen molar-refractivity contribution in [3.05, 3.63) is 52.7 Å². The van der Waals surface area contributed by atoms with Crippen molar-refractivity contribution >= 4 is 35.0 Å². The van der Waals surface area contributed by atoms with Gasteiger partial charge in [-0.25, -0.2) is 4.98 Å². The summed E-state index contributed by atoms with van der Waals surface area (Å²) in [6.45, 7) is 9.68. The molecule has 0 aliphatic carbocycles. The van der Waals surface area contributed by atoms with Crippen LogP contribution in [0.5, 0.6) is 5.88 Å². The minimum Gasteiger partial charge on any atom is -0.480 e. The van der Waals surface area contributed by atoms with Gasteiger partial charge in [0, 0.05) is 75.6 Å². The lowest BCUT2D eigenvalue weighted by Gasteiger charge is -2.34. The van der Waals surface area contributed by atoms with Crippen LogP contribution in [0.3, 0.4) is 0 Å². The van der Waals surface area contributed by atoms with Crippen molar-refractivity contribution in [2.75, 3.05) is 64.4 Å². The summed E-state index contributed by atoms with van der Waals surface area (Å²) in [5.41, 5.74) is 2.33. The number of fused-ring (bicyclic) bond motifs is 1. The van der Waals surface area contributed by atoms with Crippen LogP contribution in [0.1, 0.15) is 42.1 Å². The molecule has 5 rings (SSSR count). The van der Waals surface area contributed by atoms with Crippen LogP contribution in [-0.4, -0.2) is 96.9 Å². The molecule has 3 aliphatic heterocycles. The molecule has 0 spiro atoms. The molecule has 2 unspecified atom stereocenters. The smallest absolute Gasteiger partial charge is 0.259 e. The molecule has 0 N–H and O–H groups in total. The van der Waals surface area contributed by atoms with Crippen molar-refractivity contribution < 1.29 is 19.1 Å². The van der Waals surface area contributed by atoms with E-state index in [1.807, 2.05) is 39.8 Å². The Morgan fingerprint density at radius 2 is 1.76 bits per heavy atom. The Bertz CT molecular complexity index is 1270. The largest absolute Gasteiger partial charge is 0.480 e. The first kappa shape index (κ1) is 29.3. The highest BCUT2D eigenvalue weighted by atomic mass is 35.5. The Morgan fingerprint density at radius 1 is 1.05 bits per heavy atom. The van der Waals surface area contributed by atoms with Gasteiger partial charge in [0.25, 0.3) is 5.91 Å². The minimum absolute atomic E-state index is 0.0176. The second-order valence-corrected chi connectivity index (χ2v) is 12.0. The van der Waals surface area contributed by atoms with Crippen LogP contribution in [0, 0.1) is 24.7 Å². The highest BCUT2D eigenvalue weighted by Crippen LogP contribution is 2.33. The number of halogens is 1. The number of anilines is 1. The molecule has 3 fully saturated rings. The van der Waals surface area contributed by atoms with Gasteiger partial charge in [-0.1, -0.05) is 17.7 Å². The average molecular weight is 582 g/mol. The summed E-state index contributed by atoms with van der Waals surface area (Å²) in [5.74, 6) is 1.33. The maximum absolute atomic E-state index is 13.7. The highest BCUT2D eigenvalue weighted by Gasteiger charge is 2.42. The first-order valence-electron chi connectivity index (χ1n) is 14.6. The van der Waals surface area contributed by atoms with Gasteiger partial charge in [0.05, 0.1) is 7.11 Å². The third-order valence-electron chi connectivity index (χ3n) is 8.92. The third-order valence-corrected chi connectivity index (χ3v) is 9.33. The van der Waals surface area contributed by atoms with Gasteiger partial charge < -0.3 is 24.3 Å². The van der Waals surface area contributed by atoms with E-state index in [0.29, 0.717) is 60.8 Å². The Kier molecular flexibility index (Phi) is 9.14. The maximum atomic E-state index is 13.7. The quantitative estimate of drug-likeness (QED) is 0.472. The lowest BCUT2D eigenvalue weighted by Crippen LogP contribution is -2.44. The predicted octanol–water partition coefficient (Wildman–Crippen LogP) is 3.74. The van der Waals surface area contributed by atoms with Gasteiger partial charge in [-0.05, 0) is 74.4 Å². The fourth-order valence-corrected chi connectivity index (χ4v) is 6.73. The standard InChI is InChI=1S/C31H40ClN5O4/c1-21-7-8-26(16-28(21)32)37(30(39)23-9-14-35(15-10-23)22(2)38)13-5-12-34-17-24-19-36(20-25(24)18-34)31(40)27-6-4-11-33-29(27)41-3/h4,6-8,11,16,23-25H,5,9-10,12-15,17-20H2,1-3H3. The Hall–Kier alpha value is -3.17. The number of nitrogens with zero attached hydrogens (tertiary/aromatic N) is 5. The Labute approximate surface area is 247 Å². The summed E-state index contributed by atoms with van der Waals surface area (Å²) < 4.78 is 5.30. The number of rotatable bonds is 8. The first-order chi connectivity index (χ1) is 19.7. The van der Waals surface area contributed by atoms with Crippen LogP contribution in [-0.2, 0) is 9.59 Å². The average Bonchev–Trinajstić information content (AvgIpc) is 3.55. The number of methoxy groups -OCH3 is 1. The van der Waals surface area contributed by atoms with E-state index in [-0.39, 0.29) is 23.6 Å². The maximum Gasteiger partial charge on any atom is 0.259 e. The van der Waals surface area contributed by atoms with Gasteiger partial charge in [-0.2, -0.15) is 0 Å². The number of aryl methyl sites for hydroxylation is 1. The van der Waals surface area contributed by atoms with Gasteiger partial charge in [0.1, 0.15) is 5.56 Å². The molecule has 0 saturated carbocycles. The van der Waals surface area contributed by atoms with E-state index in [0.717, 1.165) is 50.4 Å². The lowest BCUT2D eigenvalue weighted by atomic mass is 9.94. The summed E-state index contributed by atoms with van der Waals surface area (Å²) in [7, 11) is 1.54. The van der Waals surface area contributed by atoms with Crippen LogP contribution < -0.4 is 9.64 Å². The number of ether oxygens (including phenoxy) is 1. The van der Waals surface area contributed by atoms with Crippen molar-refractivity contribution in [1.82, 2.24) is 19.7 Å². The second-order valence-electron chi connectivity index (χ2n) is 11.6. The Balaban J connectivity index is 1.16. The van der Waals surface area contributed by atoms with Crippen molar-refractivity contribution in [3.8, 4) is 5.88 Å². The van der Waals surface area contributed by atoms with Crippen molar-refractivity contribution in [1.29, 1.82) is 0 Å². The molecule has 0 radical (unpaired) electrons. The number of pyridine rings is 1. The molecule has 1 aromatic carbocycles. The zero-order valence-electron chi connectivity index (χ0n) is 24.2. The van der Waals surface area contributed by atoms with Crippen LogP contribution in [0.2, 0.25) is 5.02 Å². The normalized spacial score (nSPS) is 21.2. The lowest BCUT2D eigenvalue weighted by molar-refractivity contribution is -0.133. The van der Waals surface area contributed by atoms with Crippen molar-refractivity contribution in [3.63, 3.8) is 0 Å². The van der Waals surface area contributed by atoms with Gasteiger partial charge >= 0.3 is 0 Å². The number of carbonyl (C=O) groups excluding carboxylic acids is 3. The number of likely N-dealkylation sites (tertiary alicyclic amines) is 3. The van der Waals surface area contributed by atoms with Crippen LogP contribution in [0.15, 0.2) is 36.5 Å². The summed E-state index contributed by atoms with van der Waals surface area (Å²) in [6, 6.07) is 9.37. The van der Waals surface area contributed by atoms with Gasteiger partial charge in [-0.3, -0.25) is 14.4 Å². The van der Waals surface area contributed by atoms with E-state index in [2.05, 4.69) is 9.88 Å². The van der Waals surface area contributed by atoms with Gasteiger partial charge in [0.15, 0.2) is 0 Å². The molecule has 3 saturated heterocycles. The number of amides is 3. The SMILES string of the molecule is COc1ncccc1C(=O)N1CC2CN(CCCN(C(=O)C3CCN(C(C)=O)CC3)c3ccc(C)c(Cl)c3)CC2C1. The van der Waals surface area contributed by atoms with E-state index in [1.54, 1.807) is 25.3 Å². The monoisotopic (exact) mass is 581 g/mol. The summed E-state index contributed by atoms with van der Waals surface area (Å²) in [6.07, 6.45) is 3.85. The Morgan fingerprint density at radius 3 is 2.39 bits per heavy atom. The van der Waals surface area contributed by atoms with Crippen LogP contribution in [0.25, 0.3) is 0 Å². The summed E-state index contributed by atoms with van der Waals surface area (Å²) >= 11 is 6.46. The number of hydrogen-bond acceptors (Lipinski definition) is 6.